The smallest absolute Gasteiger partial charge is 0.251 e. The summed E-state index contributed by atoms with van der Waals surface area (Å²) in [4.78, 5) is 33.0. The molecule has 4 heterocycles. The van der Waals surface area contributed by atoms with Crippen LogP contribution in [0.4, 0.5) is 5.95 Å². The molecule has 0 radical (unpaired) electrons. The van der Waals surface area contributed by atoms with Gasteiger partial charge in [-0.25, -0.2) is 4.98 Å². The highest BCUT2D eigenvalue weighted by Gasteiger charge is 2.40. The van der Waals surface area contributed by atoms with E-state index >= 15 is 0 Å². The first-order valence-corrected chi connectivity index (χ1v) is 9.65. The number of fused-ring (bicyclic) bond motifs is 3. The summed E-state index contributed by atoms with van der Waals surface area (Å²) in [5, 5.41) is 5.78. The molecule has 2 bridgehead atoms. The Morgan fingerprint density at radius 1 is 1.21 bits per heavy atom. The molecule has 3 fully saturated rings. The summed E-state index contributed by atoms with van der Waals surface area (Å²) in [5.74, 6) is 1.61. The minimum absolute atomic E-state index is 0.0494. The fourth-order valence-corrected chi connectivity index (χ4v) is 4.17. The zero-order chi connectivity index (χ0) is 19.7. The second kappa shape index (κ2) is 7.63. The van der Waals surface area contributed by atoms with Gasteiger partial charge < -0.3 is 10.1 Å². The van der Waals surface area contributed by atoms with E-state index in [1.54, 1.807) is 24.3 Å². The van der Waals surface area contributed by atoms with Gasteiger partial charge in [0.1, 0.15) is 5.75 Å². The van der Waals surface area contributed by atoms with Gasteiger partial charge in [0.2, 0.25) is 17.7 Å². The molecular formula is C20H25N5O3. The molecule has 148 valence electrons. The summed E-state index contributed by atoms with van der Waals surface area (Å²) in [7, 11) is 0. The van der Waals surface area contributed by atoms with Crippen LogP contribution in [0.1, 0.15) is 37.0 Å². The van der Waals surface area contributed by atoms with Gasteiger partial charge in [0.15, 0.2) is 0 Å². The van der Waals surface area contributed by atoms with Crippen LogP contribution in [0.2, 0.25) is 0 Å². The number of piperidine rings is 3. The minimum Gasteiger partial charge on any atom is -0.439 e. The highest BCUT2D eigenvalue weighted by Crippen LogP contribution is 2.32. The largest absolute Gasteiger partial charge is 0.439 e. The van der Waals surface area contributed by atoms with E-state index in [1.165, 1.54) is 13.1 Å². The normalized spacial score (nSPS) is 25.9. The third kappa shape index (κ3) is 3.87. The number of nitrogens with one attached hydrogen (secondary N) is 3. The van der Waals surface area contributed by atoms with Gasteiger partial charge in [0.05, 0.1) is 6.20 Å². The van der Waals surface area contributed by atoms with E-state index in [0.29, 0.717) is 35.1 Å². The van der Waals surface area contributed by atoms with E-state index in [-0.39, 0.29) is 17.9 Å². The van der Waals surface area contributed by atoms with Crippen LogP contribution in [0.5, 0.6) is 11.6 Å². The summed E-state index contributed by atoms with van der Waals surface area (Å²) in [6, 6.07) is 7.59. The Bertz CT molecular complexity index is 853. The maximum absolute atomic E-state index is 12.7. The predicted molar refractivity (Wildman–Crippen MR) is 104 cm³/mol. The summed E-state index contributed by atoms with van der Waals surface area (Å²) >= 11 is 0. The van der Waals surface area contributed by atoms with Crippen molar-refractivity contribution in [1.29, 1.82) is 0 Å². The molecular weight excluding hydrogens is 358 g/mol. The summed E-state index contributed by atoms with van der Waals surface area (Å²) in [5.41, 5.74) is 0.611. The Morgan fingerprint density at radius 2 is 1.93 bits per heavy atom. The molecule has 3 aliphatic rings. The summed E-state index contributed by atoms with van der Waals surface area (Å²) in [6.45, 7) is 5.89. The fraction of sp³-hybridized carbons (Fsp3) is 0.450. The predicted octanol–water partition coefficient (Wildman–Crippen LogP) is 2.37. The molecule has 5 rings (SSSR count). The zero-order valence-corrected chi connectivity index (χ0v) is 16.1. The number of carbonyl (C=O) groups is 2. The first-order valence-electron chi connectivity index (χ1n) is 9.65. The zero-order valence-electron chi connectivity index (χ0n) is 16.1. The molecule has 2 aromatic rings. The number of ether oxygens (including phenoxy) is 1. The molecule has 1 aromatic heterocycles. The van der Waals surface area contributed by atoms with Gasteiger partial charge in [-0.2, -0.15) is 0 Å². The SMILES string of the molecule is CC(=O)Nc1ncc(Oc2ccc(C(=O)N[C@@H]3C4CCN(CC4)[C@H]3C)cc2)[nH]1. The Labute approximate surface area is 163 Å². The molecule has 0 spiro atoms. The number of hydrogen-bond donors (Lipinski definition) is 3. The molecule has 0 unspecified atom stereocenters. The van der Waals surface area contributed by atoms with E-state index in [1.807, 2.05) is 0 Å². The first-order chi connectivity index (χ1) is 13.5. The van der Waals surface area contributed by atoms with E-state index < -0.39 is 0 Å². The number of nitrogens with zero attached hydrogens (tertiary/aromatic N) is 2. The van der Waals surface area contributed by atoms with Crippen LogP contribution in [0.25, 0.3) is 0 Å². The number of H-pyrrole nitrogens is 1. The van der Waals surface area contributed by atoms with Gasteiger partial charge in [0.25, 0.3) is 5.91 Å². The van der Waals surface area contributed by atoms with Crippen LogP contribution in [-0.4, -0.2) is 51.9 Å². The Kier molecular flexibility index (Phi) is 5.04. The summed E-state index contributed by atoms with van der Waals surface area (Å²) < 4.78 is 5.67. The van der Waals surface area contributed by atoms with E-state index in [9.17, 15) is 9.59 Å². The third-order valence-corrected chi connectivity index (χ3v) is 5.67. The monoisotopic (exact) mass is 383 g/mol. The summed E-state index contributed by atoms with van der Waals surface area (Å²) in [6.07, 6.45) is 3.81. The van der Waals surface area contributed by atoms with E-state index in [0.717, 1.165) is 25.9 Å². The number of amides is 2. The minimum atomic E-state index is -0.214. The van der Waals surface area contributed by atoms with Crippen molar-refractivity contribution >= 4 is 17.8 Å². The van der Waals surface area contributed by atoms with Gasteiger partial charge in [-0.3, -0.25) is 24.8 Å². The van der Waals surface area contributed by atoms with Gasteiger partial charge in [-0.15, -0.1) is 0 Å². The van der Waals surface area contributed by atoms with Crippen molar-refractivity contribution in [1.82, 2.24) is 20.2 Å². The molecule has 3 saturated heterocycles. The van der Waals surface area contributed by atoms with Gasteiger partial charge >= 0.3 is 0 Å². The molecule has 3 N–H and O–H groups in total. The second-order valence-corrected chi connectivity index (χ2v) is 7.52. The topological polar surface area (TPSA) is 99.3 Å². The highest BCUT2D eigenvalue weighted by molar-refractivity contribution is 5.94. The van der Waals surface area contributed by atoms with Crippen molar-refractivity contribution in [3.05, 3.63) is 36.0 Å². The van der Waals surface area contributed by atoms with Crippen LogP contribution in [0.3, 0.4) is 0 Å². The lowest BCUT2D eigenvalue weighted by atomic mass is 9.79. The molecule has 2 atom stereocenters. The van der Waals surface area contributed by atoms with Crippen molar-refractivity contribution in [2.45, 2.75) is 38.8 Å². The standard InChI is InChI=1S/C20H25N5O3/c1-12-18(14-7-9-25(12)10-8-14)24-19(27)15-3-5-16(6-4-15)28-17-11-21-20(23-17)22-13(2)26/h3-6,11-12,14,18H,7-10H2,1-2H3,(H,24,27)(H2,21,22,23,26)/t12-,18-/m0/s1. The number of imidazole rings is 1. The molecule has 8 heteroatoms. The Balaban J connectivity index is 1.37. The van der Waals surface area contributed by atoms with Crippen LogP contribution >= 0.6 is 0 Å². The van der Waals surface area contributed by atoms with Gasteiger partial charge in [0, 0.05) is 24.6 Å². The van der Waals surface area contributed by atoms with Crippen molar-refractivity contribution in [2.24, 2.45) is 5.92 Å². The van der Waals surface area contributed by atoms with Crippen molar-refractivity contribution < 1.29 is 14.3 Å². The number of benzene rings is 1. The van der Waals surface area contributed by atoms with Crippen LogP contribution in [0.15, 0.2) is 30.5 Å². The number of aromatic amines is 1. The van der Waals surface area contributed by atoms with Gasteiger partial charge in [-0.05, 0) is 63.0 Å². The maximum atomic E-state index is 12.7. The molecule has 3 aliphatic heterocycles. The Hall–Kier alpha value is -2.87. The number of anilines is 1. The number of rotatable bonds is 5. The van der Waals surface area contributed by atoms with Crippen LogP contribution in [0, 0.1) is 5.92 Å². The third-order valence-electron chi connectivity index (χ3n) is 5.67. The average Bonchev–Trinajstić information content (AvgIpc) is 3.11. The van der Waals surface area contributed by atoms with Crippen molar-refractivity contribution in [3.63, 3.8) is 0 Å². The highest BCUT2D eigenvalue weighted by atomic mass is 16.5. The quantitative estimate of drug-likeness (QED) is 0.736. The number of aromatic nitrogens is 2. The Morgan fingerprint density at radius 3 is 2.57 bits per heavy atom. The first kappa shape index (κ1) is 18.5. The van der Waals surface area contributed by atoms with Crippen molar-refractivity contribution in [2.75, 3.05) is 18.4 Å². The molecule has 28 heavy (non-hydrogen) atoms. The lowest BCUT2D eigenvalue weighted by Crippen LogP contribution is -2.62. The average molecular weight is 383 g/mol. The molecule has 0 aliphatic carbocycles. The second-order valence-electron chi connectivity index (χ2n) is 7.52. The van der Waals surface area contributed by atoms with E-state index in [4.69, 9.17) is 4.74 Å². The fourth-order valence-electron chi connectivity index (χ4n) is 4.17. The maximum Gasteiger partial charge on any atom is 0.251 e. The van der Waals surface area contributed by atoms with Crippen molar-refractivity contribution in [3.8, 4) is 11.6 Å². The van der Waals surface area contributed by atoms with E-state index in [2.05, 4.69) is 32.4 Å². The lowest BCUT2D eigenvalue weighted by molar-refractivity contribution is -0.114. The molecule has 2 amide bonds. The van der Waals surface area contributed by atoms with Crippen LogP contribution in [-0.2, 0) is 4.79 Å². The molecule has 0 saturated carbocycles. The van der Waals surface area contributed by atoms with Gasteiger partial charge in [-0.1, -0.05) is 0 Å². The lowest BCUT2D eigenvalue weighted by Gasteiger charge is -2.49. The number of carbonyl (C=O) groups excluding carboxylic acids is 2. The number of hydrogen-bond acceptors (Lipinski definition) is 5. The van der Waals surface area contributed by atoms with Crippen LogP contribution < -0.4 is 15.4 Å². The molecule has 8 nitrogen and oxygen atoms in total. The molecule has 1 aromatic carbocycles.